The number of benzene rings is 1. The number of nitrogens with zero attached hydrogens (tertiary/aromatic N) is 4. The Morgan fingerprint density at radius 1 is 1.17 bits per heavy atom. The number of aryl methyl sites for hydroxylation is 1. The Bertz CT molecular complexity index is 1190. The fourth-order valence-corrected chi connectivity index (χ4v) is 5.29. The predicted octanol–water partition coefficient (Wildman–Crippen LogP) is 4.28. The fourth-order valence-electron chi connectivity index (χ4n) is 5.29. The molecule has 0 unspecified atom stereocenters. The molecule has 188 valence electrons. The molecule has 5 rings (SSSR count). The molecular formula is C27H37FN6O. The lowest BCUT2D eigenvalue weighted by atomic mass is 9.85. The zero-order chi connectivity index (χ0) is 24.6. The van der Waals surface area contributed by atoms with Gasteiger partial charge in [0.1, 0.15) is 5.82 Å². The van der Waals surface area contributed by atoms with Gasteiger partial charge in [0.15, 0.2) is 11.5 Å². The Morgan fingerprint density at radius 3 is 2.63 bits per heavy atom. The zero-order valence-corrected chi connectivity index (χ0v) is 21.3. The minimum absolute atomic E-state index is 0.0991. The largest absolute Gasteiger partial charge is 0.378 e. The van der Waals surface area contributed by atoms with Crippen molar-refractivity contribution in [2.75, 3.05) is 49.6 Å². The third-order valence-electron chi connectivity index (χ3n) is 6.96. The van der Waals surface area contributed by atoms with Crippen LogP contribution in [-0.2, 0) is 11.2 Å². The number of hydrogen-bond acceptors (Lipinski definition) is 6. The summed E-state index contributed by atoms with van der Waals surface area (Å²) in [5.74, 6) is 1.05. The molecule has 2 aromatic heterocycles. The summed E-state index contributed by atoms with van der Waals surface area (Å²) >= 11 is 0. The summed E-state index contributed by atoms with van der Waals surface area (Å²) in [7, 11) is 0. The van der Waals surface area contributed by atoms with Gasteiger partial charge in [0.05, 0.1) is 30.3 Å². The molecule has 8 heteroatoms. The number of ether oxygens (including phenoxy) is 1. The number of morpholine rings is 1. The molecule has 0 atom stereocenters. The molecule has 2 saturated heterocycles. The van der Waals surface area contributed by atoms with Crippen LogP contribution in [0, 0.1) is 12.7 Å². The van der Waals surface area contributed by atoms with E-state index in [0.29, 0.717) is 19.6 Å². The smallest absolute Gasteiger partial charge is 0.177 e. The summed E-state index contributed by atoms with van der Waals surface area (Å²) in [5.41, 5.74) is 5.47. The van der Waals surface area contributed by atoms with Gasteiger partial charge in [-0.05, 0) is 76.7 Å². The van der Waals surface area contributed by atoms with Crippen molar-refractivity contribution >= 4 is 17.2 Å². The molecular weight excluding hydrogens is 443 g/mol. The number of piperidine rings is 1. The minimum Gasteiger partial charge on any atom is -0.378 e. The summed E-state index contributed by atoms with van der Waals surface area (Å²) in [6, 6.07) is 7.60. The van der Waals surface area contributed by atoms with Gasteiger partial charge in [-0.25, -0.2) is 13.9 Å². The van der Waals surface area contributed by atoms with Gasteiger partial charge in [-0.1, -0.05) is 12.1 Å². The minimum atomic E-state index is -0.130. The fraction of sp³-hybridized carbons (Fsp3) is 0.556. The van der Waals surface area contributed by atoms with Crippen LogP contribution in [0.5, 0.6) is 0 Å². The van der Waals surface area contributed by atoms with Gasteiger partial charge in [0.2, 0.25) is 0 Å². The molecule has 2 aliphatic rings. The maximum atomic E-state index is 15.1. The second kappa shape index (κ2) is 9.74. The first-order valence-corrected chi connectivity index (χ1v) is 12.8. The predicted molar refractivity (Wildman–Crippen MR) is 138 cm³/mol. The number of fused-ring (bicyclic) bond motifs is 1. The third kappa shape index (κ3) is 5.14. The molecule has 0 aliphatic carbocycles. The number of rotatable bonds is 5. The quantitative estimate of drug-likeness (QED) is 0.568. The molecule has 35 heavy (non-hydrogen) atoms. The maximum absolute atomic E-state index is 15.1. The van der Waals surface area contributed by atoms with Crippen molar-refractivity contribution in [1.29, 1.82) is 0 Å². The van der Waals surface area contributed by atoms with Crippen molar-refractivity contribution in [1.82, 2.24) is 19.9 Å². The second-order valence-corrected chi connectivity index (χ2v) is 10.8. The van der Waals surface area contributed by atoms with Crippen LogP contribution in [0.25, 0.3) is 5.65 Å². The molecule has 0 amide bonds. The van der Waals surface area contributed by atoms with Gasteiger partial charge >= 0.3 is 0 Å². The first-order chi connectivity index (χ1) is 16.8. The SMILES string of the molecule is Cc1nc2c(NC(C)(C)C)cc(N3CCOCC3)nn2c1Cc1cccc(F)c1C1CCNCC1. The van der Waals surface area contributed by atoms with Gasteiger partial charge in [-0.2, -0.15) is 0 Å². The molecule has 0 spiro atoms. The van der Waals surface area contributed by atoms with E-state index in [4.69, 9.17) is 14.8 Å². The molecule has 1 aromatic carbocycles. The molecule has 0 bridgehead atoms. The lowest BCUT2D eigenvalue weighted by Crippen LogP contribution is -2.37. The Balaban J connectivity index is 1.60. The summed E-state index contributed by atoms with van der Waals surface area (Å²) in [5, 5.41) is 12.1. The maximum Gasteiger partial charge on any atom is 0.177 e. The highest BCUT2D eigenvalue weighted by molar-refractivity contribution is 5.72. The Kier molecular flexibility index (Phi) is 6.68. The van der Waals surface area contributed by atoms with E-state index in [1.54, 1.807) is 6.07 Å². The van der Waals surface area contributed by atoms with Crippen LogP contribution in [0.3, 0.4) is 0 Å². The molecule has 0 radical (unpaired) electrons. The number of hydrogen-bond donors (Lipinski definition) is 2. The molecule has 2 N–H and O–H groups in total. The standard InChI is InChI=1S/C27H37FN6O/c1-18-23(16-20-6-5-7-21(28)25(20)19-8-10-29-11-9-19)34-26(30-18)22(31-27(2,3)4)17-24(32-34)33-12-14-35-15-13-33/h5-7,17,19,29,31H,8-16H2,1-4H3. The Hall–Kier alpha value is -2.71. The van der Waals surface area contributed by atoms with Crippen LogP contribution in [-0.4, -0.2) is 59.5 Å². The number of anilines is 2. The number of halogens is 1. The lowest BCUT2D eigenvalue weighted by molar-refractivity contribution is 0.122. The highest BCUT2D eigenvalue weighted by atomic mass is 19.1. The summed E-state index contributed by atoms with van der Waals surface area (Å²) < 4.78 is 22.7. The highest BCUT2D eigenvalue weighted by Gasteiger charge is 2.25. The van der Waals surface area contributed by atoms with Gasteiger partial charge in [-0.3, -0.25) is 0 Å². The van der Waals surface area contributed by atoms with E-state index in [1.807, 2.05) is 17.5 Å². The van der Waals surface area contributed by atoms with Crippen molar-refractivity contribution in [3.8, 4) is 0 Å². The molecule has 3 aromatic rings. The molecule has 0 saturated carbocycles. The second-order valence-electron chi connectivity index (χ2n) is 10.8. The Labute approximate surface area is 207 Å². The van der Waals surface area contributed by atoms with E-state index in [-0.39, 0.29) is 17.3 Å². The van der Waals surface area contributed by atoms with E-state index in [2.05, 4.69) is 48.4 Å². The van der Waals surface area contributed by atoms with Crippen molar-refractivity contribution in [2.24, 2.45) is 0 Å². The molecule has 2 aliphatic heterocycles. The molecule has 7 nitrogen and oxygen atoms in total. The van der Waals surface area contributed by atoms with E-state index >= 15 is 4.39 Å². The van der Waals surface area contributed by atoms with Gasteiger partial charge < -0.3 is 20.3 Å². The van der Waals surface area contributed by atoms with Crippen LogP contribution in [0.1, 0.15) is 62.0 Å². The van der Waals surface area contributed by atoms with Crippen molar-refractivity contribution in [2.45, 2.75) is 58.4 Å². The van der Waals surface area contributed by atoms with E-state index in [9.17, 15) is 0 Å². The average molecular weight is 481 g/mol. The van der Waals surface area contributed by atoms with E-state index < -0.39 is 0 Å². The summed E-state index contributed by atoms with van der Waals surface area (Å²) in [6.07, 6.45) is 2.51. The topological polar surface area (TPSA) is 66.7 Å². The lowest BCUT2D eigenvalue weighted by Gasteiger charge is -2.29. The van der Waals surface area contributed by atoms with Crippen molar-refractivity contribution in [3.63, 3.8) is 0 Å². The average Bonchev–Trinajstić information content (AvgIpc) is 3.15. The first kappa shape index (κ1) is 24.0. The molecule has 4 heterocycles. The van der Waals surface area contributed by atoms with Gasteiger partial charge in [0.25, 0.3) is 0 Å². The summed E-state index contributed by atoms with van der Waals surface area (Å²) in [4.78, 5) is 7.20. The molecule has 2 fully saturated rings. The number of imidazole rings is 1. The third-order valence-corrected chi connectivity index (χ3v) is 6.96. The number of aromatic nitrogens is 3. The Morgan fingerprint density at radius 2 is 1.91 bits per heavy atom. The highest BCUT2D eigenvalue weighted by Crippen LogP contribution is 2.33. The van der Waals surface area contributed by atoms with Gasteiger partial charge in [0, 0.05) is 31.1 Å². The summed E-state index contributed by atoms with van der Waals surface area (Å²) in [6.45, 7) is 13.3. The van der Waals surface area contributed by atoms with Crippen molar-refractivity contribution in [3.05, 3.63) is 52.6 Å². The number of nitrogens with one attached hydrogen (secondary N) is 2. The monoisotopic (exact) mass is 480 g/mol. The van der Waals surface area contributed by atoms with Crippen LogP contribution >= 0.6 is 0 Å². The van der Waals surface area contributed by atoms with Crippen LogP contribution < -0.4 is 15.5 Å². The van der Waals surface area contributed by atoms with Crippen LogP contribution in [0.15, 0.2) is 24.3 Å². The zero-order valence-electron chi connectivity index (χ0n) is 21.3. The van der Waals surface area contributed by atoms with Crippen LogP contribution in [0.4, 0.5) is 15.9 Å². The normalized spacial score (nSPS) is 17.8. The van der Waals surface area contributed by atoms with E-state index in [1.165, 1.54) is 0 Å². The van der Waals surface area contributed by atoms with E-state index in [0.717, 1.165) is 78.7 Å². The van der Waals surface area contributed by atoms with Crippen molar-refractivity contribution < 1.29 is 9.13 Å². The van der Waals surface area contributed by atoms with Crippen LogP contribution in [0.2, 0.25) is 0 Å². The first-order valence-electron chi connectivity index (χ1n) is 12.8. The van der Waals surface area contributed by atoms with Gasteiger partial charge in [-0.15, -0.1) is 5.10 Å².